The van der Waals surface area contributed by atoms with Crippen molar-refractivity contribution in [2.24, 2.45) is 0 Å². The van der Waals surface area contributed by atoms with E-state index in [9.17, 15) is 9.90 Å². The van der Waals surface area contributed by atoms with Crippen LogP contribution in [-0.4, -0.2) is 49.2 Å². The Balaban J connectivity index is 3.35. The molecular formula is C10H22N2O2. The van der Waals surface area contributed by atoms with Gasteiger partial charge in [-0.3, -0.25) is 4.79 Å². The lowest BCUT2D eigenvalue weighted by Crippen LogP contribution is -2.29. The molecule has 84 valence electrons. The van der Waals surface area contributed by atoms with Gasteiger partial charge < -0.3 is 15.3 Å². The number of hydrogen-bond donors (Lipinski definition) is 2. The highest BCUT2D eigenvalue weighted by atomic mass is 16.3. The zero-order valence-electron chi connectivity index (χ0n) is 9.42. The van der Waals surface area contributed by atoms with Crippen molar-refractivity contribution >= 4 is 5.91 Å². The summed E-state index contributed by atoms with van der Waals surface area (Å²) >= 11 is 0. The van der Waals surface area contributed by atoms with Crippen LogP contribution in [0.15, 0.2) is 0 Å². The number of amides is 1. The Hall–Kier alpha value is -0.610. The van der Waals surface area contributed by atoms with Crippen LogP contribution in [0, 0.1) is 0 Å². The highest BCUT2D eigenvalue weighted by Gasteiger charge is 2.03. The minimum Gasteiger partial charge on any atom is -0.393 e. The van der Waals surface area contributed by atoms with Crippen LogP contribution < -0.4 is 5.32 Å². The van der Waals surface area contributed by atoms with Crippen LogP contribution in [0.3, 0.4) is 0 Å². The molecule has 0 aromatic rings. The van der Waals surface area contributed by atoms with E-state index in [-0.39, 0.29) is 12.0 Å². The molecule has 0 aromatic carbocycles. The minimum atomic E-state index is -0.288. The summed E-state index contributed by atoms with van der Waals surface area (Å²) in [5.74, 6) is 0.0574. The number of nitrogens with one attached hydrogen (secondary N) is 1. The summed E-state index contributed by atoms with van der Waals surface area (Å²) in [5, 5.41) is 12.0. The van der Waals surface area contributed by atoms with Gasteiger partial charge in [0.25, 0.3) is 0 Å². The van der Waals surface area contributed by atoms with Gasteiger partial charge in [-0.15, -0.1) is 0 Å². The van der Waals surface area contributed by atoms with Crippen LogP contribution in [0.25, 0.3) is 0 Å². The Morgan fingerprint density at radius 1 is 1.50 bits per heavy atom. The van der Waals surface area contributed by atoms with Crippen LogP contribution in [-0.2, 0) is 4.79 Å². The lowest BCUT2D eigenvalue weighted by molar-refractivity contribution is -0.121. The first kappa shape index (κ1) is 13.4. The lowest BCUT2D eigenvalue weighted by atomic mass is 10.2. The average Bonchev–Trinajstić information content (AvgIpc) is 2.14. The third-order valence-corrected chi connectivity index (χ3v) is 2.06. The first-order valence-electron chi connectivity index (χ1n) is 5.15. The molecule has 1 atom stereocenters. The molecule has 0 heterocycles. The molecule has 4 nitrogen and oxygen atoms in total. The first-order chi connectivity index (χ1) is 6.56. The molecule has 1 unspecified atom stereocenters. The van der Waals surface area contributed by atoms with Crippen molar-refractivity contribution in [3.8, 4) is 0 Å². The second-order valence-electron chi connectivity index (χ2n) is 3.75. The molecule has 0 saturated carbocycles. The number of hydrogen-bond acceptors (Lipinski definition) is 3. The van der Waals surface area contributed by atoms with Crippen molar-refractivity contribution in [3.63, 3.8) is 0 Å². The molecule has 0 aliphatic heterocycles. The fourth-order valence-corrected chi connectivity index (χ4v) is 0.996. The molecule has 0 spiro atoms. The maximum atomic E-state index is 11.2. The second kappa shape index (κ2) is 7.76. The normalized spacial score (nSPS) is 12.9. The Morgan fingerprint density at radius 3 is 2.64 bits per heavy atom. The van der Waals surface area contributed by atoms with Crippen molar-refractivity contribution in [1.29, 1.82) is 0 Å². The second-order valence-corrected chi connectivity index (χ2v) is 3.75. The van der Waals surface area contributed by atoms with Crippen LogP contribution >= 0.6 is 0 Å². The lowest BCUT2D eigenvalue weighted by Gasteiger charge is -2.11. The summed E-state index contributed by atoms with van der Waals surface area (Å²) in [5.41, 5.74) is 0. The van der Waals surface area contributed by atoms with E-state index in [0.29, 0.717) is 19.4 Å². The highest BCUT2D eigenvalue weighted by Crippen LogP contribution is 1.94. The van der Waals surface area contributed by atoms with Gasteiger partial charge in [0.2, 0.25) is 5.91 Å². The Bertz CT molecular complexity index is 160. The van der Waals surface area contributed by atoms with E-state index in [0.717, 1.165) is 13.0 Å². The van der Waals surface area contributed by atoms with Gasteiger partial charge in [-0.2, -0.15) is 0 Å². The summed E-state index contributed by atoms with van der Waals surface area (Å²) in [7, 11) is 3.88. The number of nitrogens with zero attached hydrogens (tertiary/aromatic N) is 1. The third kappa shape index (κ3) is 8.01. The molecule has 0 fully saturated rings. The Labute approximate surface area is 86.3 Å². The quantitative estimate of drug-likeness (QED) is 0.621. The van der Waals surface area contributed by atoms with Crippen molar-refractivity contribution in [1.82, 2.24) is 10.2 Å². The SMILES string of the molecule is CCC(O)CCNC(=O)CCN(C)C. The van der Waals surface area contributed by atoms with E-state index in [1.165, 1.54) is 0 Å². The van der Waals surface area contributed by atoms with Crippen LogP contribution in [0.1, 0.15) is 26.2 Å². The molecule has 0 aromatic heterocycles. The van der Waals surface area contributed by atoms with Gasteiger partial charge in [-0.05, 0) is 26.9 Å². The zero-order chi connectivity index (χ0) is 11.0. The van der Waals surface area contributed by atoms with Crippen molar-refractivity contribution in [2.75, 3.05) is 27.2 Å². The molecule has 14 heavy (non-hydrogen) atoms. The molecule has 0 radical (unpaired) electrons. The summed E-state index contributed by atoms with van der Waals surface area (Å²) in [4.78, 5) is 13.2. The van der Waals surface area contributed by atoms with E-state index in [1.54, 1.807) is 0 Å². The molecule has 1 amide bonds. The number of carbonyl (C=O) groups excluding carboxylic acids is 1. The molecule has 0 aliphatic rings. The smallest absolute Gasteiger partial charge is 0.221 e. The monoisotopic (exact) mass is 202 g/mol. The number of carbonyl (C=O) groups is 1. The van der Waals surface area contributed by atoms with E-state index < -0.39 is 0 Å². The van der Waals surface area contributed by atoms with E-state index in [2.05, 4.69) is 5.32 Å². The van der Waals surface area contributed by atoms with Gasteiger partial charge in [0.15, 0.2) is 0 Å². The fraction of sp³-hybridized carbons (Fsp3) is 0.900. The minimum absolute atomic E-state index is 0.0574. The standard InChI is InChI=1S/C10H22N2O2/c1-4-9(13)5-7-11-10(14)6-8-12(2)3/h9,13H,4-8H2,1-3H3,(H,11,14). The summed E-state index contributed by atoms with van der Waals surface area (Å²) in [6, 6.07) is 0. The van der Waals surface area contributed by atoms with Gasteiger partial charge >= 0.3 is 0 Å². The zero-order valence-corrected chi connectivity index (χ0v) is 9.42. The molecule has 0 bridgehead atoms. The summed E-state index contributed by atoms with van der Waals surface area (Å²) in [6.07, 6.45) is 1.62. The fourth-order valence-electron chi connectivity index (χ4n) is 0.996. The van der Waals surface area contributed by atoms with Gasteiger partial charge in [-0.1, -0.05) is 6.92 Å². The van der Waals surface area contributed by atoms with E-state index >= 15 is 0 Å². The topological polar surface area (TPSA) is 52.6 Å². The average molecular weight is 202 g/mol. The number of aliphatic hydroxyl groups is 1. The maximum Gasteiger partial charge on any atom is 0.221 e. The van der Waals surface area contributed by atoms with Gasteiger partial charge in [0.1, 0.15) is 0 Å². The van der Waals surface area contributed by atoms with Crippen molar-refractivity contribution in [2.45, 2.75) is 32.3 Å². The number of aliphatic hydroxyl groups excluding tert-OH is 1. The largest absolute Gasteiger partial charge is 0.393 e. The Kier molecular flexibility index (Phi) is 7.42. The van der Waals surface area contributed by atoms with Gasteiger partial charge in [0, 0.05) is 19.5 Å². The Morgan fingerprint density at radius 2 is 2.14 bits per heavy atom. The molecule has 0 rings (SSSR count). The molecule has 0 saturated heterocycles. The van der Waals surface area contributed by atoms with Crippen LogP contribution in [0.4, 0.5) is 0 Å². The predicted molar refractivity (Wildman–Crippen MR) is 57.1 cm³/mol. The number of rotatable bonds is 7. The first-order valence-corrected chi connectivity index (χ1v) is 5.15. The molecule has 4 heteroatoms. The van der Waals surface area contributed by atoms with Crippen molar-refractivity contribution in [3.05, 3.63) is 0 Å². The summed E-state index contributed by atoms with van der Waals surface area (Å²) < 4.78 is 0. The highest BCUT2D eigenvalue weighted by molar-refractivity contribution is 5.75. The molecule has 0 aliphatic carbocycles. The van der Waals surface area contributed by atoms with Crippen LogP contribution in [0.2, 0.25) is 0 Å². The molecule has 2 N–H and O–H groups in total. The van der Waals surface area contributed by atoms with E-state index in [4.69, 9.17) is 0 Å². The van der Waals surface area contributed by atoms with Crippen LogP contribution in [0.5, 0.6) is 0 Å². The summed E-state index contributed by atoms with van der Waals surface area (Å²) in [6.45, 7) is 3.27. The van der Waals surface area contributed by atoms with E-state index in [1.807, 2.05) is 25.9 Å². The maximum absolute atomic E-state index is 11.2. The van der Waals surface area contributed by atoms with Crippen molar-refractivity contribution < 1.29 is 9.90 Å². The molecular weight excluding hydrogens is 180 g/mol. The van der Waals surface area contributed by atoms with Gasteiger partial charge in [0.05, 0.1) is 6.10 Å². The van der Waals surface area contributed by atoms with Gasteiger partial charge in [-0.25, -0.2) is 0 Å². The predicted octanol–water partition coefficient (Wildman–Crippen LogP) is 0.215. The third-order valence-electron chi connectivity index (χ3n) is 2.06.